The first-order valence-corrected chi connectivity index (χ1v) is 9.32. The summed E-state index contributed by atoms with van der Waals surface area (Å²) >= 11 is 6.35. The fraction of sp³-hybridized carbons (Fsp3) is 0.100. The number of nitriles is 1. The number of nitrogens with zero attached hydrogens (tertiary/aromatic N) is 2. The molecule has 0 spiro atoms. The van der Waals surface area contributed by atoms with E-state index in [0.29, 0.717) is 22.3 Å². The van der Waals surface area contributed by atoms with Gasteiger partial charge in [0.05, 0.1) is 22.4 Å². The maximum absolute atomic E-state index is 13.6. The molecular weight excluding hydrogens is 450 g/mol. The van der Waals surface area contributed by atoms with Gasteiger partial charge in [-0.1, -0.05) is 41.6 Å². The zero-order valence-corrected chi connectivity index (χ0v) is 16.2. The minimum Gasteiger partial charge on any atom is -0.240 e. The minimum absolute atomic E-state index is 0.00444. The van der Waals surface area contributed by atoms with Gasteiger partial charge in [-0.05, 0) is 36.4 Å². The van der Waals surface area contributed by atoms with Crippen LogP contribution < -0.4 is 0 Å². The normalized spacial score (nSPS) is 11.9. The summed E-state index contributed by atoms with van der Waals surface area (Å²) in [7, 11) is 0. The van der Waals surface area contributed by atoms with Gasteiger partial charge in [0.2, 0.25) is 0 Å². The summed E-state index contributed by atoms with van der Waals surface area (Å²) in [4.78, 5) is 4.12. The molecule has 154 valence electrons. The van der Waals surface area contributed by atoms with Gasteiger partial charge in [0.1, 0.15) is 11.1 Å². The summed E-state index contributed by atoms with van der Waals surface area (Å²) in [5.74, 6) is 0. The second kappa shape index (κ2) is 8.20. The van der Waals surface area contributed by atoms with Gasteiger partial charge in [-0.15, -0.1) is 0 Å². The third-order valence-corrected chi connectivity index (χ3v) is 5.15. The fourth-order valence-electron chi connectivity index (χ4n) is 2.54. The molecule has 0 saturated carbocycles. The highest BCUT2D eigenvalue weighted by molar-refractivity contribution is 7.99. The van der Waals surface area contributed by atoms with Crippen molar-refractivity contribution in [3.63, 3.8) is 0 Å². The van der Waals surface area contributed by atoms with Crippen LogP contribution in [0.25, 0.3) is 11.3 Å². The van der Waals surface area contributed by atoms with Crippen molar-refractivity contribution in [2.24, 2.45) is 0 Å². The summed E-state index contributed by atoms with van der Waals surface area (Å²) in [6.07, 6.45) is -9.48. The molecule has 0 aliphatic carbocycles. The molecule has 1 aromatic heterocycles. The molecule has 0 bridgehead atoms. The van der Waals surface area contributed by atoms with E-state index in [1.54, 1.807) is 0 Å². The van der Waals surface area contributed by atoms with E-state index in [0.717, 1.165) is 24.3 Å². The molecule has 0 aliphatic rings. The lowest BCUT2D eigenvalue weighted by molar-refractivity contribution is -0.138. The van der Waals surface area contributed by atoms with E-state index in [-0.39, 0.29) is 15.6 Å². The second-order valence-electron chi connectivity index (χ2n) is 5.98. The van der Waals surface area contributed by atoms with Crippen molar-refractivity contribution in [1.82, 2.24) is 4.98 Å². The molecule has 0 radical (unpaired) electrons. The van der Waals surface area contributed by atoms with Gasteiger partial charge in [0.25, 0.3) is 0 Å². The zero-order valence-electron chi connectivity index (χ0n) is 14.6. The third kappa shape index (κ3) is 4.89. The van der Waals surface area contributed by atoms with Crippen LogP contribution in [0.2, 0.25) is 5.02 Å². The zero-order chi connectivity index (χ0) is 22.1. The number of hydrogen-bond acceptors (Lipinski definition) is 3. The van der Waals surface area contributed by atoms with Crippen molar-refractivity contribution in [3.8, 4) is 17.3 Å². The van der Waals surface area contributed by atoms with Crippen molar-refractivity contribution in [2.75, 3.05) is 0 Å². The molecule has 2 nitrogen and oxygen atoms in total. The first-order chi connectivity index (χ1) is 14.0. The van der Waals surface area contributed by atoms with E-state index in [1.165, 1.54) is 36.4 Å². The number of hydrogen-bond donors (Lipinski definition) is 0. The molecule has 0 unspecified atom stereocenters. The molecule has 30 heavy (non-hydrogen) atoms. The molecule has 2 aromatic carbocycles. The first kappa shape index (κ1) is 22.0. The number of alkyl halides is 6. The standard InChI is InChI=1S/C20H9ClF6N2S/c21-13-6-4-11(5-7-13)17-9-16(20(25,26)27)15(10-28)18(29-17)30-14-3-1-2-12(8-14)19(22,23)24/h1-9H. The largest absolute Gasteiger partial charge is 0.417 e. The van der Waals surface area contributed by atoms with E-state index in [4.69, 9.17) is 11.6 Å². The summed E-state index contributed by atoms with van der Waals surface area (Å²) in [5, 5.41) is 9.33. The second-order valence-corrected chi connectivity index (χ2v) is 7.48. The molecule has 10 heteroatoms. The van der Waals surface area contributed by atoms with E-state index in [1.807, 2.05) is 0 Å². The monoisotopic (exact) mass is 458 g/mol. The van der Waals surface area contributed by atoms with Crippen LogP contribution in [0.1, 0.15) is 16.7 Å². The molecule has 0 saturated heterocycles. The average molecular weight is 459 g/mol. The first-order valence-electron chi connectivity index (χ1n) is 8.12. The van der Waals surface area contributed by atoms with Crippen molar-refractivity contribution < 1.29 is 26.3 Å². The highest BCUT2D eigenvalue weighted by atomic mass is 35.5. The molecule has 0 atom stereocenters. The maximum atomic E-state index is 13.6. The quantitative estimate of drug-likeness (QED) is 0.382. The Kier molecular flexibility index (Phi) is 6.01. The average Bonchev–Trinajstić information content (AvgIpc) is 2.67. The molecular formula is C20H9ClF6N2S. The Morgan fingerprint density at radius 3 is 2.13 bits per heavy atom. The Labute approximate surface area is 176 Å². The smallest absolute Gasteiger partial charge is 0.240 e. The van der Waals surface area contributed by atoms with Gasteiger partial charge in [-0.3, -0.25) is 0 Å². The summed E-state index contributed by atoms with van der Waals surface area (Å²) in [6, 6.07) is 12.1. The van der Waals surface area contributed by atoms with Crippen molar-refractivity contribution in [1.29, 1.82) is 5.26 Å². The van der Waals surface area contributed by atoms with E-state index in [2.05, 4.69) is 4.98 Å². The topological polar surface area (TPSA) is 36.7 Å². The van der Waals surface area contributed by atoms with Gasteiger partial charge in [0, 0.05) is 15.5 Å². The molecule has 0 fully saturated rings. The van der Waals surface area contributed by atoms with Crippen LogP contribution in [-0.4, -0.2) is 4.98 Å². The van der Waals surface area contributed by atoms with Gasteiger partial charge in [0.15, 0.2) is 0 Å². The Balaban J connectivity index is 2.16. The van der Waals surface area contributed by atoms with Crippen LogP contribution in [-0.2, 0) is 12.4 Å². The lowest BCUT2D eigenvalue weighted by atomic mass is 10.1. The van der Waals surface area contributed by atoms with Gasteiger partial charge in [-0.25, -0.2) is 4.98 Å². The Hall–Kier alpha value is -2.70. The third-order valence-electron chi connectivity index (χ3n) is 3.92. The van der Waals surface area contributed by atoms with Crippen LogP contribution in [0, 0.1) is 11.3 Å². The van der Waals surface area contributed by atoms with Crippen LogP contribution in [0.5, 0.6) is 0 Å². The Bertz CT molecular complexity index is 1120. The predicted molar refractivity (Wildman–Crippen MR) is 100.0 cm³/mol. The SMILES string of the molecule is N#Cc1c(C(F)(F)F)cc(-c2ccc(Cl)cc2)nc1Sc1cccc(C(F)(F)F)c1. The molecule has 3 rings (SSSR count). The summed E-state index contributed by atoms with van der Waals surface area (Å²) in [6.45, 7) is 0. The van der Waals surface area contributed by atoms with Crippen LogP contribution >= 0.6 is 23.4 Å². The Morgan fingerprint density at radius 1 is 0.900 bits per heavy atom. The van der Waals surface area contributed by atoms with Crippen LogP contribution in [0.4, 0.5) is 26.3 Å². The minimum atomic E-state index is -4.86. The highest BCUT2D eigenvalue weighted by Crippen LogP contribution is 2.41. The van der Waals surface area contributed by atoms with Gasteiger partial charge in [-0.2, -0.15) is 31.6 Å². The molecule has 0 amide bonds. The van der Waals surface area contributed by atoms with Crippen molar-refractivity contribution >= 4 is 23.4 Å². The van der Waals surface area contributed by atoms with Crippen molar-refractivity contribution in [3.05, 3.63) is 76.3 Å². The van der Waals surface area contributed by atoms with Crippen molar-refractivity contribution in [2.45, 2.75) is 22.3 Å². The number of halogens is 7. The highest BCUT2D eigenvalue weighted by Gasteiger charge is 2.36. The van der Waals surface area contributed by atoms with Crippen LogP contribution in [0.3, 0.4) is 0 Å². The summed E-state index contributed by atoms with van der Waals surface area (Å²) in [5.41, 5.74) is -2.73. The maximum Gasteiger partial charge on any atom is 0.417 e. The molecule has 3 aromatic rings. The van der Waals surface area contributed by atoms with E-state index < -0.39 is 29.0 Å². The predicted octanol–water partition coefficient (Wildman–Crippen LogP) is 7.46. The number of benzene rings is 2. The molecule has 0 aliphatic heterocycles. The summed E-state index contributed by atoms with van der Waals surface area (Å²) < 4.78 is 79.6. The lowest BCUT2D eigenvalue weighted by Gasteiger charge is -2.15. The van der Waals surface area contributed by atoms with Gasteiger partial charge < -0.3 is 0 Å². The van der Waals surface area contributed by atoms with Crippen LogP contribution in [0.15, 0.2) is 64.5 Å². The van der Waals surface area contributed by atoms with E-state index in [9.17, 15) is 31.6 Å². The Morgan fingerprint density at radius 2 is 1.57 bits per heavy atom. The number of pyridine rings is 1. The van der Waals surface area contributed by atoms with Gasteiger partial charge >= 0.3 is 12.4 Å². The van der Waals surface area contributed by atoms with E-state index >= 15 is 0 Å². The molecule has 1 heterocycles. The number of aromatic nitrogens is 1. The molecule has 0 N–H and O–H groups in total. The number of rotatable bonds is 3. The lowest BCUT2D eigenvalue weighted by Crippen LogP contribution is -2.10. The fourth-order valence-corrected chi connectivity index (χ4v) is 3.63.